The predicted molar refractivity (Wildman–Crippen MR) is 101 cm³/mol. The van der Waals surface area contributed by atoms with Gasteiger partial charge in [0.05, 0.1) is 0 Å². The lowest BCUT2D eigenvalue weighted by Crippen LogP contribution is -2.45. The Bertz CT molecular complexity index is 783. The summed E-state index contributed by atoms with van der Waals surface area (Å²) in [6.45, 7) is 4.96. The maximum Gasteiger partial charge on any atom is 0.242 e. The fourth-order valence-corrected chi connectivity index (χ4v) is 3.05. The fraction of sp³-hybridized carbons (Fsp3) is 0.500. The van der Waals surface area contributed by atoms with E-state index in [1.54, 1.807) is 0 Å². The van der Waals surface area contributed by atoms with E-state index in [1.807, 2.05) is 12.1 Å². The van der Waals surface area contributed by atoms with Crippen molar-refractivity contribution in [1.29, 1.82) is 0 Å². The molecule has 1 aromatic heterocycles. The summed E-state index contributed by atoms with van der Waals surface area (Å²) in [7, 11) is 0. The molecule has 2 aromatic rings. The van der Waals surface area contributed by atoms with E-state index in [0.29, 0.717) is 37.0 Å². The van der Waals surface area contributed by atoms with Gasteiger partial charge in [0.2, 0.25) is 23.5 Å². The second-order valence-electron chi connectivity index (χ2n) is 7.20. The number of benzene rings is 1. The van der Waals surface area contributed by atoms with Crippen molar-refractivity contribution in [2.75, 3.05) is 6.54 Å². The van der Waals surface area contributed by atoms with Crippen LogP contribution in [0, 0.1) is 0 Å². The average Bonchev–Trinajstić information content (AvgIpc) is 3.05. The van der Waals surface area contributed by atoms with Crippen LogP contribution < -0.4 is 10.6 Å². The second-order valence-corrected chi connectivity index (χ2v) is 7.20. The maximum absolute atomic E-state index is 12.1. The van der Waals surface area contributed by atoms with E-state index in [9.17, 15) is 9.59 Å². The molecule has 1 aromatic carbocycles. The summed E-state index contributed by atoms with van der Waals surface area (Å²) in [6, 6.07) is 7.61. The minimum atomic E-state index is -0.447. The first-order chi connectivity index (χ1) is 13.0. The molecule has 0 radical (unpaired) electrons. The third-order valence-electron chi connectivity index (χ3n) is 4.74. The highest BCUT2D eigenvalue weighted by Gasteiger charge is 2.22. The van der Waals surface area contributed by atoms with E-state index in [2.05, 4.69) is 46.8 Å². The molecule has 2 N–H and O–H groups in total. The van der Waals surface area contributed by atoms with E-state index in [4.69, 9.17) is 4.52 Å². The van der Waals surface area contributed by atoms with Crippen LogP contribution in [-0.4, -0.2) is 34.5 Å². The van der Waals surface area contributed by atoms with Crippen LogP contribution in [0.15, 0.2) is 28.8 Å². The molecular weight excluding hydrogens is 344 g/mol. The average molecular weight is 370 g/mol. The third-order valence-corrected chi connectivity index (χ3v) is 4.74. The molecular formula is C20H26N4O3. The first-order valence-electron chi connectivity index (χ1n) is 9.53. The Hall–Kier alpha value is -2.70. The van der Waals surface area contributed by atoms with E-state index >= 15 is 0 Å². The zero-order chi connectivity index (χ0) is 19.2. The van der Waals surface area contributed by atoms with Crippen LogP contribution in [0.25, 0.3) is 11.4 Å². The van der Waals surface area contributed by atoms with Gasteiger partial charge in [-0.1, -0.05) is 43.3 Å². The Morgan fingerprint density at radius 1 is 1.30 bits per heavy atom. The molecule has 0 bridgehead atoms. The van der Waals surface area contributed by atoms with Gasteiger partial charge >= 0.3 is 0 Å². The standard InChI is InChI=1S/C20H26N4O3/c1-13(2)14-6-8-15(9-7-14)19-23-18(27-24-19)11-10-17(25)22-16-5-3-4-12-21-20(16)26/h6-9,13,16H,3-5,10-12H2,1-2H3,(H,21,26)(H,22,25)/t16-/m0/s1. The van der Waals surface area contributed by atoms with E-state index < -0.39 is 6.04 Å². The molecule has 3 rings (SSSR count). The second kappa shape index (κ2) is 8.79. The van der Waals surface area contributed by atoms with Gasteiger partial charge in [0, 0.05) is 24.9 Å². The van der Waals surface area contributed by atoms with Crippen LogP contribution in [0.3, 0.4) is 0 Å². The van der Waals surface area contributed by atoms with Gasteiger partial charge < -0.3 is 15.2 Å². The number of carbonyl (C=O) groups excluding carboxylic acids is 2. The first kappa shape index (κ1) is 19.1. The lowest BCUT2D eigenvalue weighted by atomic mass is 10.0. The van der Waals surface area contributed by atoms with Crippen LogP contribution in [0.2, 0.25) is 0 Å². The number of rotatable bonds is 6. The smallest absolute Gasteiger partial charge is 0.242 e. The van der Waals surface area contributed by atoms with Crippen molar-refractivity contribution >= 4 is 11.8 Å². The molecule has 1 aliphatic rings. The van der Waals surface area contributed by atoms with Crippen LogP contribution in [-0.2, 0) is 16.0 Å². The molecule has 0 unspecified atom stereocenters. The summed E-state index contributed by atoms with van der Waals surface area (Å²) >= 11 is 0. The maximum atomic E-state index is 12.1. The lowest BCUT2D eigenvalue weighted by Gasteiger charge is -2.14. The quantitative estimate of drug-likeness (QED) is 0.814. The van der Waals surface area contributed by atoms with Crippen molar-refractivity contribution in [1.82, 2.24) is 20.8 Å². The van der Waals surface area contributed by atoms with Crippen molar-refractivity contribution in [3.63, 3.8) is 0 Å². The number of hydrogen-bond donors (Lipinski definition) is 2. The molecule has 7 heteroatoms. The summed E-state index contributed by atoms with van der Waals surface area (Å²) in [6.07, 6.45) is 3.09. The van der Waals surface area contributed by atoms with Gasteiger partial charge in [-0.2, -0.15) is 4.98 Å². The molecule has 2 amide bonds. The first-order valence-corrected chi connectivity index (χ1v) is 9.53. The summed E-state index contributed by atoms with van der Waals surface area (Å²) < 4.78 is 5.26. The van der Waals surface area contributed by atoms with Gasteiger partial charge in [0.1, 0.15) is 6.04 Å². The Kier molecular flexibility index (Phi) is 6.21. The van der Waals surface area contributed by atoms with Crippen molar-refractivity contribution in [2.45, 2.75) is 57.9 Å². The summed E-state index contributed by atoms with van der Waals surface area (Å²) in [4.78, 5) is 28.4. The molecule has 1 atom stereocenters. The summed E-state index contributed by atoms with van der Waals surface area (Å²) in [5.74, 6) is 1.11. The molecule has 1 fully saturated rings. The van der Waals surface area contributed by atoms with Crippen LogP contribution in [0.5, 0.6) is 0 Å². The van der Waals surface area contributed by atoms with Gasteiger partial charge in [-0.3, -0.25) is 9.59 Å². The number of aryl methyl sites for hydroxylation is 1. The van der Waals surface area contributed by atoms with Crippen molar-refractivity contribution in [2.24, 2.45) is 0 Å². The van der Waals surface area contributed by atoms with Gasteiger partial charge in [-0.25, -0.2) is 0 Å². The molecule has 2 heterocycles. The molecule has 144 valence electrons. The Labute approximate surface area is 158 Å². The molecule has 0 aliphatic carbocycles. The SMILES string of the molecule is CC(C)c1ccc(-c2noc(CCC(=O)N[C@H]3CCCCNC3=O)n2)cc1. The minimum Gasteiger partial charge on any atom is -0.354 e. The van der Waals surface area contributed by atoms with E-state index in [1.165, 1.54) is 5.56 Å². The van der Waals surface area contributed by atoms with Crippen molar-refractivity contribution < 1.29 is 14.1 Å². The van der Waals surface area contributed by atoms with Crippen molar-refractivity contribution in [3.8, 4) is 11.4 Å². The number of nitrogens with zero attached hydrogens (tertiary/aromatic N) is 2. The third kappa shape index (κ3) is 5.15. The fourth-order valence-electron chi connectivity index (χ4n) is 3.05. The monoisotopic (exact) mass is 370 g/mol. The van der Waals surface area contributed by atoms with Crippen molar-refractivity contribution in [3.05, 3.63) is 35.7 Å². The number of hydrogen-bond acceptors (Lipinski definition) is 5. The van der Waals surface area contributed by atoms with Crippen LogP contribution >= 0.6 is 0 Å². The highest BCUT2D eigenvalue weighted by Crippen LogP contribution is 2.20. The molecule has 1 aliphatic heterocycles. The Morgan fingerprint density at radius 2 is 2.07 bits per heavy atom. The lowest BCUT2D eigenvalue weighted by molar-refractivity contribution is -0.128. The Morgan fingerprint density at radius 3 is 2.81 bits per heavy atom. The molecule has 0 saturated carbocycles. The largest absolute Gasteiger partial charge is 0.354 e. The normalized spacial score (nSPS) is 17.4. The van der Waals surface area contributed by atoms with Gasteiger partial charge in [-0.15, -0.1) is 0 Å². The van der Waals surface area contributed by atoms with Crippen LogP contribution in [0.1, 0.15) is 56.9 Å². The molecule has 1 saturated heterocycles. The summed E-state index contributed by atoms with van der Waals surface area (Å²) in [5.41, 5.74) is 2.13. The molecule has 0 spiro atoms. The number of amides is 2. The van der Waals surface area contributed by atoms with Gasteiger partial charge in [0.15, 0.2) is 0 Å². The molecule has 7 nitrogen and oxygen atoms in total. The molecule has 27 heavy (non-hydrogen) atoms. The summed E-state index contributed by atoms with van der Waals surface area (Å²) in [5, 5.41) is 9.60. The number of nitrogens with one attached hydrogen (secondary N) is 2. The highest BCUT2D eigenvalue weighted by atomic mass is 16.5. The van der Waals surface area contributed by atoms with E-state index in [0.717, 1.165) is 18.4 Å². The zero-order valence-electron chi connectivity index (χ0n) is 15.8. The van der Waals surface area contributed by atoms with Gasteiger partial charge in [-0.05, 0) is 30.7 Å². The van der Waals surface area contributed by atoms with Crippen LogP contribution in [0.4, 0.5) is 0 Å². The predicted octanol–water partition coefficient (Wildman–Crippen LogP) is 2.58. The number of aromatic nitrogens is 2. The van der Waals surface area contributed by atoms with Gasteiger partial charge in [0.25, 0.3) is 0 Å². The minimum absolute atomic E-state index is 0.106. The number of carbonyl (C=O) groups is 2. The topological polar surface area (TPSA) is 97.1 Å². The van der Waals surface area contributed by atoms with E-state index in [-0.39, 0.29) is 18.2 Å². The zero-order valence-corrected chi connectivity index (χ0v) is 15.8. The highest BCUT2D eigenvalue weighted by molar-refractivity contribution is 5.87. The Balaban J connectivity index is 1.53.